The highest BCUT2D eigenvalue weighted by atomic mass is 16.5. The van der Waals surface area contributed by atoms with Crippen LogP contribution >= 0.6 is 0 Å². The van der Waals surface area contributed by atoms with Crippen molar-refractivity contribution >= 4 is 11.9 Å². The molecule has 1 aromatic heterocycles. The van der Waals surface area contributed by atoms with Crippen LogP contribution in [0.4, 0.5) is 5.95 Å². The SMILES string of the molecule is COc1n[nH]c(NC(=O)c2ccc(OC)c(OC)c2)n1. The molecule has 0 fully saturated rings. The van der Waals surface area contributed by atoms with Crippen molar-refractivity contribution in [1.29, 1.82) is 0 Å². The van der Waals surface area contributed by atoms with E-state index >= 15 is 0 Å². The Hall–Kier alpha value is -2.77. The first kappa shape index (κ1) is 13.7. The van der Waals surface area contributed by atoms with E-state index in [-0.39, 0.29) is 17.9 Å². The summed E-state index contributed by atoms with van der Waals surface area (Å²) in [4.78, 5) is 15.9. The molecule has 0 saturated heterocycles. The van der Waals surface area contributed by atoms with Crippen molar-refractivity contribution in [3.05, 3.63) is 23.8 Å². The van der Waals surface area contributed by atoms with Gasteiger partial charge in [0.15, 0.2) is 11.5 Å². The molecule has 106 valence electrons. The lowest BCUT2D eigenvalue weighted by atomic mass is 10.2. The Kier molecular flexibility index (Phi) is 4.04. The topological polar surface area (TPSA) is 98.4 Å². The summed E-state index contributed by atoms with van der Waals surface area (Å²) < 4.78 is 15.1. The van der Waals surface area contributed by atoms with Crippen LogP contribution in [0.5, 0.6) is 17.5 Å². The molecule has 0 radical (unpaired) electrons. The maximum absolute atomic E-state index is 12.0. The molecular formula is C12H14N4O4. The molecule has 8 heteroatoms. The molecule has 0 spiro atoms. The number of carbonyl (C=O) groups is 1. The Morgan fingerprint density at radius 2 is 1.90 bits per heavy atom. The largest absolute Gasteiger partial charge is 0.493 e. The zero-order valence-electron chi connectivity index (χ0n) is 11.3. The van der Waals surface area contributed by atoms with Gasteiger partial charge in [-0.2, -0.15) is 4.98 Å². The zero-order valence-corrected chi connectivity index (χ0v) is 11.3. The van der Waals surface area contributed by atoms with E-state index in [2.05, 4.69) is 20.5 Å². The molecular weight excluding hydrogens is 264 g/mol. The monoisotopic (exact) mass is 278 g/mol. The molecule has 2 rings (SSSR count). The Bertz CT molecular complexity index is 611. The molecule has 1 amide bonds. The third-order valence-electron chi connectivity index (χ3n) is 2.53. The van der Waals surface area contributed by atoms with Crippen LogP contribution < -0.4 is 19.5 Å². The summed E-state index contributed by atoms with van der Waals surface area (Å²) in [6, 6.07) is 4.98. The number of hydrogen-bond donors (Lipinski definition) is 2. The summed E-state index contributed by atoms with van der Waals surface area (Å²) >= 11 is 0. The van der Waals surface area contributed by atoms with Crippen LogP contribution in [0.3, 0.4) is 0 Å². The average molecular weight is 278 g/mol. The van der Waals surface area contributed by atoms with E-state index in [1.165, 1.54) is 21.3 Å². The third-order valence-corrected chi connectivity index (χ3v) is 2.53. The maximum atomic E-state index is 12.0. The lowest BCUT2D eigenvalue weighted by Gasteiger charge is -2.08. The van der Waals surface area contributed by atoms with E-state index in [0.29, 0.717) is 17.1 Å². The fraction of sp³-hybridized carbons (Fsp3) is 0.250. The number of amides is 1. The number of methoxy groups -OCH3 is 3. The summed E-state index contributed by atoms with van der Waals surface area (Å²) in [6.45, 7) is 0. The zero-order chi connectivity index (χ0) is 14.5. The van der Waals surface area contributed by atoms with Crippen LogP contribution in [-0.2, 0) is 0 Å². The van der Waals surface area contributed by atoms with Gasteiger partial charge in [-0.15, -0.1) is 5.10 Å². The quantitative estimate of drug-likeness (QED) is 0.849. The molecule has 1 heterocycles. The molecule has 0 aliphatic heterocycles. The lowest BCUT2D eigenvalue weighted by Crippen LogP contribution is -2.13. The van der Waals surface area contributed by atoms with Gasteiger partial charge in [0.1, 0.15) is 0 Å². The summed E-state index contributed by atoms with van der Waals surface area (Å²) in [5, 5.41) is 8.82. The van der Waals surface area contributed by atoms with E-state index < -0.39 is 0 Å². The van der Waals surface area contributed by atoms with Gasteiger partial charge < -0.3 is 14.2 Å². The second-order valence-corrected chi connectivity index (χ2v) is 3.69. The Morgan fingerprint density at radius 1 is 1.15 bits per heavy atom. The molecule has 0 atom stereocenters. The molecule has 1 aromatic carbocycles. The van der Waals surface area contributed by atoms with E-state index in [1.54, 1.807) is 18.2 Å². The van der Waals surface area contributed by atoms with Crippen LogP contribution in [0, 0.1) is 0 Å². The molecule has 20 heavy (non-hydrogen) atoms. The Balaban J connectivity index is 2.16. The number of aromatic amines is 1. The second-order valence-electron chi connectivity index (χ2n) is 3.69. The second kappa shape index (κ2) is 5.91. The van der Waals surface area contributed by atoms with E-state index in [1.807, 2.05) is 0 Å². The fourth-order valence-electron chi connectivity index (χ4n) is 1.55. The van der Waals surface area contributed by atoms with Crippen molar-refractivity contribution in [2.45, 2.75) is 0 Å². The summed E-state index contributed by atoms with van der Waals surface area (Å²) in [5.74, 6) is 0.854. The first-order valence-electron chi connectivity index (χ1n) is 5.67. The van der Waals surface area contributed by atoms with Crippen molar-refractivity contribution in [1.82, 2.24) is 15.2 Å². The fourth-order valence-corrected chi connectivity index (χ4v) is 1.55. The Morgan fingerprint density at radius 3 is 2.50 bits per heavy atom. The van der Waals surface area contributed by atoms with Gasteiger partial charge >= 0.3 is 6.01 Å². The summed E-state index contributed by atoms with van der Waals surface area (Å²) in [5.41, 5.74) is 0.401. The van der Waals surface area contributed by atoms with Gasteiger partial charge in [-0.1, -0.05) is 0 Å². The molecule has 0 unspecified atom stereocenters. The van der Waals surface area contributed by atoms with Gasteiger partial charge in [-0.05, 0) is 18.2 Å². The standard InChI is InChI=1S/C12H14N4O4/c1-18-8-5-4-7(6-9(8)19-2)10(17)13-11-14-12(20-3)16-15-11/h4-6H,1-3H3,(H2,13,14,15,16,17). The number of anilines is 1. The Labute approximate surface area is 115 Å². The van der Waals surface area contributed by atoms with Crippen LogP contribution in [0.25, 0.3) is 0 Å². The minimum atomic E-state index is -0.357. The van der Waals surface area contributed by atoms with Gasteiger partial charge in [-0.25, -0.2) is 5.10 Å². The molecule has 8 nitrogen and oxygen atoms in total. The molecule has 2 aromatic rings. The van der Waals surface area contributed by atoms with E-state index in [4.69, 9.17) is 14.2 Å². The normalized spacial score (nSPS) is 9.95. The van der Waals surface area contributed by atoms with Gasteiger partial charge in [0, 0.05) is 5.56 Å². The van der Waals surface area contributed by atoms with Gasteiger partial charge in [0.25, 0.3) is 5.91 Å². The molecule has 2 N–H and O–H groups in total. The number of ether oxygens (including phenoxy) is 3. The number of nitrogens with zero attached hydrogens (tertiary/aromatic N) is 2. The van der Waals surface area contributed by atoms with Crippen molar-refractivity contribution in [3.8, 4) is 17.5 Å². The van der Waals surface area contributed by atoms with Gasteiger partial charge in [-0.3, -0.25) is 10.1 Å². The van der Waals surface area contributed by atoms with E-state index in [0.717, 1.165) is 0 Å². The minimum Gasteiger partial charge on any atom is -0.493 e. The summed E-state index contributed by atoms with van der Waals surface area (Å²) in [6.07, 6.45) is 0. The number of hydrogen-bond acceptors (Lipinski definition) is 6. The van der Waals surface area contributed by atoms with Gasteiger partial charge in [0.2, 0.25) is 5.95 Å². The van der Waals surface area contributed by atoms with E-state index in [9.17, 15) is 4.79 Å². The number of rotatable bonds is 5. The first-order chi connectivity index (χ1) is 9.67. The van der Waals surface area contributed by atoms with Crippen LogP contribution in [-0.4, -0.2) is 42.4 Å². The average Bonchev–Trinajstić information content (AvgIpc) is 2.94. The highest BCUT2D eigenvalue weighted by Gasteiger charge is 2.12. The van der Waals surface area contributed by atoms with Crippen LogP contribution in [0.1, 0.15) is 10.4 Å². The highest BCUT2D eigenvalue weighted by Crippen LogP contribution is 2.27. The number of benzene rings is 1. The molecule has 0 aliphatic carbocycles. The van der Waals surface area contributed by atoms with Crippen molar-refractivity contribution in [2.75, 3.05) is 26.6 Å². The van der Waals surface area contributed by atoms with Gasteiger partial charge in [0.05, 0.1) is 21.3 Å². The number of nitrogens with one attached hydrogen (secondary N) is 2. The van der Waals surface area contributed by atoms with Crippen molar-refractivity contribution in [2.24, 2.45) is 0 Å². The molecule has 0 saturated carbocycles. The van der Waals surface area contributed by atoms with Crippen LogP contribution in [0.2, 0.25) is 0 Å². The van der Waals surface area contributed by atoms with Crippen molar-refractivity contribution in [3.63, 3.8) is 0 Å². The lowest BCUT2D eigenvalue weighted by molar-refractivity contribution is 0.102. The maximum Gasteiger partial charge on any atom is 0.336 e. The predicted molar refractivity (Wildman–Crippen MR) is 70.4 cm³/mol. The molecule has 0 bridgehead atoms. The van der Waals surface area contributed by atoms with Crippen molar-refractivity contribution < 1.29 is 19.0 Å². The minimum absolute atomic E-state index is 0.146. The number of carbonyl (C=O) groups excluding carboxylic acids is 1. The first-order valence-corrected chi connectivity index (χ1v) is 5.67. The predicted octanol–water partition coefficient (Wildman–Crippen LogP) is 1.08. The smallest absolute Gasteiger partial charge is 0.336 e. The highest BCUT2D eigenvalue weighted by molar-refractivity contribution is 6.03. The number of H-pyrrole nitrogens is 1. The third kappa shape index (κ3) is 2.79. The van der Waals surface area contributed by atoms with Crippen LogP contribution in [0.15, 0.2) is 18.2 Å². The number of aromatic nitrogens is 3. The summed E-state index contributed by atoms with van der Waals surface area (Å²) in [7, 11) is 4.46. The molecule has 0 aliphatic rings.